The van der Waals surface area contributed by atoms with E-state index in [2.05, 4.69) is 0 Å². The molecule has 0 aliphatic carbocycles. The number of allylic oxidation sites excluding steroid dienone is 1. The highest BCUT2D eigenvalue weighted by Crippen LogP contribution is 2.27. The van der Waals surface area contributed by atoms with Gasteiger partial charge in [0.05, 0.1) is 4.90 Å². The number of sulfone groups is 1. The van der Waals surface area contributed by atoms with E-state index in [0.717, 1.165) is 5.56 Å². The third kappa shape index (κ3) is 4.18. The number of aryl methyl sites for hydroxylation is 1. The molecule has 0 aliphatic rings. The van der Waals surface area contributed by atoms with Gasteiger partial charge in [-0.05, 0) is 36.8 Å². The predicted molar refractivity (Wildman–Crippen MR) is 109 cm³/mol. The second-order valence-corrected chi connectivity index (χ2v) is 8.37. The van der Waals surface area contributed by atoms with Crippen molar-refractivity contribution in [3.05, 3.63) is 105 Å². The van der Waals surface area contributed by atoms with Gasteiger partial charge in [-0.2, -0.15) is 0 Å². The van der Waals surface area contributed by atoms with E-state index in [4.69, 9.17) is 11.6 Å². The molecule has 0 saturated carbocycles. The van der Waals surface area contributed by atoms with Crippen LogP contribution in [0, 0.1) is 6.92 Å². The second-order valence-electron chi connectivity index (χ2n) is 6.04. The van der Waals surface area contributed by atoms with Gasteiger partial charge in [0, 0.05) is 10.6 Å². The van der Waals surface area contributed by atoms with E-state index < -0.39 is 15.6 Å². The van der Waals surface area contributed by atoms with Crippen LogP contribution in [0.1, 0.15) is 21.5 Å². The van der Waals surface area contributed by atoms with Crippen LogP contribution in [0.2, 0.25) is 5.02 Å². The Bertz CT molecular complexity index is 1100. The zero-order chi connectivity index (χ0) is 19.4. The summed E-state index contributed by atoms with van der Waals surface area (Å²) in [5.74, 6) is -0.573. The van der Waals surface area contributed by atoms with Crippen molar-refractivity contribution in [2.75, 3.05) is 0 Å². The van der Waals surface area contributed by atoms with Crippen LogP contribution < -0.4 is 0 Å². The number of ketones is 1. The largest absolute Gasteiger partial charge is 0.288 e. The Hall–Kier alpha value is -2.69. The number of Topliss-reactive ketones (excluding diaryl/α,β-unsaturated/α-hetero) is 1. The number of carbonyl (C=O) groups is 1. The fourth-order valence-corrected chi connectivity index (χ4v) is 4.16. The van der Waals surface area contributed by atoms with Gasteiger partial charge in [0.15, 0.2) is 0 Å². The molecule has 0 spiro atoms. The van der Waals surface area contributed by atoms with Gasteiger partial charge in [-0.3, -0.25) is 4.79 Å². The molecule has 3 rings (SSSR count). The van der Waals surface area contributed by atoms with Crippen LogP contribution >= 0.6 is 11.6 Å². The molecule has 0 radical (unpaired) electrons. The molecule has 0 unspecified atom stereocenters. The summed E-state index contributed by atoms with van der Waals surface area (Å²) in [6.07, 6.45) is 1.34. The zero-order valence-electron chi connectivity index (χ0n) is 14.6. The summed E-state index contributed by atoms with van der Waals surface area (Å²) < 4.78 is 26.5. The minimum absolute atomic E-state index is 0.0654. The molecule has 3 nitrogen and oxygen atoms in total. The molecule has 0 atom stereocenters. The van der Waals surface area contributed by atoms with Gasteiger partial charge in [0.25, 0.3) is 0 Å². The lowest BCUT2D eigenvalue weighted by Crippen LogP contribution is -2.14. The maximum atomic E-state index is 13.2. The molecule has 3 aromatic rings. The standard InChI is InChI=1S/C22H17ClO3S/c1-16-11-13-19(14-12-16)27(25,26)21(15-18-9-5-6-10-20(18)23)22(24)17-7-3-2-4-8-17/h2-15H,1H3/b21-15-. The molecule has 0 amide bonds. The van der Waals surface area contributed by atoms with Crippen molar-refractivity contribution in [2.24, 2.45) is 0 Å². The Balaban J connectivity index is 2.20. The number of halogens is 1. The van der Waals surface area contributed by atoms with Crippen LogP contribution in [0.4, 0.5) is 0 Å². The average molecular weight is 397 g/mol. The minimum atomic E-state index is -4.03. The monoisotopic (exact) mass is 396 g/mol. The molecule has 5 heteroatoms. The Morgan fingerprint density at radius 2 is 1.44 bits per heavy atom. The van der Waals surface area contributed by atoms with E-state index in [1.807, 2.05) is 6.92 Å². The smallest absolute Gasteiger partial charge is 0.210 e. The third-order valence-corrected chi connectivity index (χ3v) is 6.19. The summed E-state index contributed by atoms with van der Waals surface area (Å²) in [5.41, 5.74) is 1.69. The number of benzene rings is 3. The molecule has 136 valence electrons. The van der Waals surface area contributed by atoms with Crippen LogP contribution in [0.3, 0.4) is 0 Å². The van der Waals surface area contributed by atoms with Gasteiger partial charge >= 0.3 is 0 Å². The minimum Gasteiger partial charge on any atom is -0.288 e. The van der Waals surface area contributed by atoms with Crippen molar-refractivity contribution in [1.29, 1.82) is 0 Å². The summed E-state index contributed by atoms with van der Waals surface area (Å²) >= 11 is 6.19. The van der Waals surface area contributed by atoms with Gasteiger partial charge < -0.3 is 0 Å². The molecule has 0 bridgehead atoms. The highest BCUT2D eigenvalue weighted by Gasteiger charge is 2.28. The quantitative estimate of drug-likeness (QED) is 0.431. The normalized spacial score (nSPS) is 12.0. The topological polar surface area (TPSA) is 51.2 Å². The summed E-state index contributed by atoms with van der Waals surface area (Å²) in [4.78, 5) is 12.8. The molecule has 0 N–H and O–H groups in total. The van der Waals surface area contributed by atoms with E-state index in [0.29, 0.717) is 16.1 Å². The number of hydrogen-bond acceptors (Lipinski definition) is 3. The molecule has 0 fully saturated rings. The second kappa shape index (κ2) is 7.91. The van der Waals surface area contributed by atoms with E-state index >= 15 is 0 Å². The predicted octanol–water partition coefficient (Wildman–Crippen LogP) is 5.35. The van der Waals surface area contributed by atoms with Crippen molar-refractivity contribution in [2.45, 2.75) is 11.8 Å². The molecule has 0 aromatic heterocycles. The Morgan fingerprint density at radius 1 is 0.852 bits per heavy atom. The molecule has 27 heavy (non-hydrogen) atoms. The number of carbonyl (C=O) groups excluding carboxylic acids is 1. The van der Waals surface area contributed by atoms with Gasteiger partial charge in [-0.25, -0.2) is 8.42 Å². The summed E-state index contributed by atoms with van der Waals surface area (Å²) in [6, 6.07) is 21.5. The first-order valence-corrected chi connectivity index (χ1v) is 10.1. The highest BCUT2D eigenvalue weighted by atomic mass is 35.5. The summed E-state index contributed by atoms with van der Waals surface area (Å²) in [7, 11) is -4.03. The van der Waals surface area contributed by atoms with Crippen molar-refractivity contribution in [3.63, 3.8) is 0 Å². The van der Waals surface area contributed by atoms with E-state index in [1.165, 1.54) is 18.2 Å². The fourth-order valence-electron chi connectivity index (χ4n) is 2.57. The van der Waals surface area contributed by atoms with Gasteiger partial charge in [0.2, 0.25) is 15.6 Å². The van der Waals surface area contributed by atoms with E-state index in [9.17, 15) is 13.2 Å². The molecule has 3 aromatic carbocycles. The van der Waals surface area contributed by atoms with E-state index in [-0.39, 0.29) is 9.80 Å². The first kappa shape index (κ1) is 19.1. The zero-order valence-corrected chi connectivity index (χ0v) is 16.2. The average Bonchev–Trinajstić information content (AvgIpc) is 2.68. The fraction of sp³-hybridized carbons (Fsp3) is 0.0455. The molecule has 0 aliphatic heterocycles. The molecule has 0 heterocycles. The SMILES string of the molecule is Cc1ccc(S(=O)(=O)/C(=C\c2ccccc2Cl)C(=O)c2ccccc2)cc1. The van der Waals surface area contributed by atoms with Crippen LogP contribution in [0.5, 0.6) is 0 Å². The Labute approximate surface area is 163 Å². The molecular weight excluding hydrogens is 380 g/mol. The molecular formula is C22H17ClO3S. The van der Waals surface area contributed by atoms with Gasteiger partial charge in [-0.15, -0.1) is 0 Å². The molecule has 0 saturated heterocycles. The van der Waals surface area contributed by atoms with Crippen LogP contribution in [0.15, 0.2) is 88.7 Å². The Kier molecular flexibility index (Phi) is 5.59. The first-order chi connectivity index (χ1) is 12.9. The first-order valence-electron chi connectivity index (χ1n) is 8.27. The Morgan fingerprint density at radius 3 is 2.07 bits per heavy atom. The van der Waals surface area contributed by atoms with Crippen LogP contribution in [-0.4, -0.2) is 14.2 Å². The lowest BCUT2D eigenvalue weighted by atomic mass is 10.1. The highest BCUT2D eigenvalue weighted by molar-refractivity contribution is 7.96. The van der Waals surface area contributed by atoms with Crippen molar-refractivity contribution < 1.29 is 13.2 Å². The van der Waals surface area contributed by atoms with Crippen LogP contribution in [-0.2, 0) is 9.84 Å². The van der Waals surface area contributed by atoms with Crippen molar-refractivity contribution >= 4 is 33.3 Å². The van der Waals surface area contributed by atoms with Crippen molar-refractivity contribution in [1.82, 2.24) is 0 Å². The lowest BCUT2D eigenvalue weighted by molar-refractivity contribution is 0.104. The summed E-state index contributed by atoms with van der Waals surface area (Å²) in [5, 5.41) is 0.370. The number of rotatable bonds is 5. The van der Waals surface area contributed by atoms with Gasteiger partial charge in [0.1, 0.15) is 4.91 Å². The van der Waals surface area contributed by atoms with E-state index in [1.54, 1.807) is 66.7 Å². The third-order valence-electron chi connectivity index (χ3n) is 4.07. The van der Waals surface area contributed by atoms with Gasteiger partial charge in [-0.1, -0.05) is 77.8 Å². The van der Waals surface area contributed by atoms with Crippen LogP contribution in [0.25, 0.3) is 6.08 Å². The number of hydrogen-bond donors (Lipinski definition) is 0. The lowest BCUT2D eigenvalue weighted by Gasteiger charge is -2.10. The maximum absolute atomic E-state index is 13.2. The summed E-state index contributed by atoms with van der Waals surface area (Å²) in [6.45, 7) is 1.87. The maximum Gasteiger partial charge on any atom is 0.210 e. The van der Waals surface area contributed by atoms with Crippen molar-refractivity contribution in [3.8, 4) is 0 Å².